The number of aromatic nitrogens is 1. The zero-order chi connectivity index (χ0) is 20.5. The summed E-state index contributed by atoms with van der Waals surface area (Å²) in [5.74, 6) is 2.01. The Morgan fingerprint density at radius 2 is 1.93 bits per heavy atom. The third-order valence-corrected chi connectivity index (χ3v) is 5.61. The van der Waals surface area contributed by atoms with Crippen LogP contribution in [0.5, 0.6) is 0 Å². The number of hydrogen-bond acceptors (Lipinski definition) is 3. The maximum Gasteiger partial charge on any atom is 0.252 e. The molecule has 2 unspecified atom stereocenters. The Morgan fingerprint density at radius 1 is 1.17 bits per heavy atom. The van der Waals surface area contributed by atoms with E-state index < -0.39 is 0 Å². The van der Waals surface area contributed by atoms with E-state index in [-0.39, 0.29) is 29.9 Å². The molecule has 1 aliphatic heterocycles. The average Bonchev–Trinajstić information content (AvgIpc) is 2.79. The number of amides is 1. The largest absolute Gasteiger partial charge is 0.354 e. The van der Waals surface area contributed by atoms with Crippen LogP contribution in [-0.2, 0) is 0 Å². The second kappa shape index (κ2) is 12.5. The first kappa shape index (κ1) is 24.1. The van der Waals surface area contributed by atoms with E-state index in [0.29, 0.717) is 30.5 Å². The minimum absolute atomic E-state index is 0. The molecule has 2 atom stereocenters. The van der Waals surface area contributed by atoms with Crippen molar-refractivity contribution in [2.45, 2.75) is 25.7 Å². The van der Waals surface area contributed by atoms with Gasteiger partial charge in [0.15, 0.2) is 5.96 Å². The van der Waals surface area contributed by atoms with Crippen molar-refractivity contribution in [3.05, 3.63) is 66.0 Å². The number of nitrogens with one attached hydrogen (secondary N) is 2. The topological polar surface area (TPSA) is 69.6 Å². The van der Waals surface area contributed by atoms with Gasteiger partial charge in [0.1, 0.15) is 0 Å². The fourth-order valence-electron chi connectivity index (χ4n) is 4.06. The van der Waals surface area contributed by atoms with Crippen LogP contribution in [0.3, 0.4) is 0 Å². The Labute approximate surface area is 196 Å². The van der Waals surface area contributed by atoms with Gasteiger partial charge in [0, 0.05) is 45.6 Å². The molecule has 30 heavy (non-hydrogen) atoms. The number of carbonyl (C=O) groups excluding carboxylic acids is 1. The molecule has 2 heterocycles. The van der Waals surface area contributed by atoms with Gasteiger partial charge >= 0.3 is 0 Å². The van der Waals surface area contributed by atoms with Gasteiger partial charge in [-0.1, -0.05) is 43.7 Å². The van der Waals surface area contributed by atoms with Crippen LogP contribution >= 0.6 is 24.0 Å². The quantitative estimate of drug-likeness (QED) is 0.264. The van der Waals surface area contributed by atoms with E-state index in [1.165, 1.54) is 5.56 Å². The summed E-state index contributed by atoms with van der Waals surface area (Å²) < 4.78 is 0. The molecular weight excluding hydrogens is 489 g/mol. The number of guanidine groups is 1. The molecule has 1 amide bonds. The Balaban J connectivity index is 0.00000320. The van der Waals surface area contributed by atoms with Crippen LogP contribution in [0.2, 0.25) is 0 Å². The lowest BCUT2D eigenvalue weighted by atomic mass is 9.79. The van der Waals surface area contributed by atoms with Crippen LogP contribution in [0.25, 0.3) is 0 Å². The van der Waals surface area contributed by atoms with E-state index in [2.05, 4.69) is 62.8 Å². The van der Waals surface area contributed by atoms with Gasteiger partial charge in [-0.25, -0.2) is 0 Å². The zero-order valence-electron chi connectivity index (χ0n) is 17.8. The number of likely N-dealkylation sites (tertiary alicyclic amines) is 1. The normalized spacial score (nSPS) is 19.0. The maximum atomic E-state index is 12.1. The average molecular weight is 521 g/mol. The second-order valence-electron chi connectivity index (χ2n) is 7.39. The fraction of sp³-hybridized carbons (Fsp3) is 0.435. The number of rotatable bonds is 6. The summed E-state index contributed by atoms with van der Waals surface area (Å²) in [4.78, 5) is 22.9. The molecule has 2 N–H and O–H groups in total. The Hall–Kier alpha value is -2.16. The highest BCUT2D eigenvalue weighted by atomic mass is 127. The lowest BCUT2D eigenvalue weighted by Crippen LogP contribution is -2.49. The summed E-state index contributed by atoms with van der Waals surface area (Å²) in [6.45, 7) is 5.42. The highest BCUT2D eigenvalue weighted by Crippen LogP contribution is 2.34. The van der Waals surface area contributed by atoms with Crippen LogP contribution in [0.1, 0.15) is 41.6 Å². The van der Waals surface area contributed by atoms with E-state index in [1.54, 1.807) is 24.5 Å². The van der Waals surface area contributed by atoms with E-state index in [0.717, 1.165) is 31.9 Å². The summed E-state index contributed by atoms with van der Waals surface area (Å²) >= 11 is 0. The van der Waals surface area contributed by atoms with Crippen LogP contribution in [-0.4, -0.2) is 55.0 Å². The van der Waals surface area contributed by atoms with E-state index in [4.69, 9.17) is 0 Å². The van der Waals surface area contributed by atoms with Crippen LogP contribution in [0.15, 0.2) is 59.9 Å². The fourth-order valence-corrected chi connectivity index (χ4v) is 4.06. The molecular formula is C23H32IN5O. The molecule has 0 saturated carbocycles. The SMILES string of the molecule is CCC1CN(C(=NC)NCCNC(=O)c2cccnc2)CCC1c1ccccc1.I. The molecule has 0 aliphatic carbocycles. The van der Waals surface area contributed by atoms with E-state index >= 15 is 0 Å². The van der Waals surface area contributed by atoms with Gasteiger partial charge in [0.2, 0.25) is 0 Å². The third kappa shape index (κ3) is 6.42. The smallest absolute Gasteiger partial charge is 0.252 e. The summed E-state index contributed by atoms with van der Waals surface area (Å²) in [5, 5.41) is 6.31. The first-order chi connectivity index (χ1) is 14.2. The summed E-state index contributed by atoms with van der Waals surface area (Å²) in [7, 11) is 1.82. The number of nitrogens with zero attached hydrogens (tertiary/aromatic N) is 3. The van der Waals surface area contributed by atoms with Gasteiger partial charge in [-0.2, -0.15) is 0 Å². The number of benzene rings is 1. The molecule has 1 saturated heterocycles. The van der Waals surface area contributed by atoms with Crippen LogP contribution in [0.4, 0.5) is 0 Å². The van der Waals surface area contributed by atoms with Crippen molar-refractivity contribution in [2.24, 2.45) is 10.9 Å². The molecule has 1 aliphatic rings. The molecule has 6 nitrogen and oxygen atoms in total. The van der Waals surface area contributed by atoms with Crippen molar-refractivity contribution < 1.29 is 4.79 Å². The first-order valence-corrected chi connectivity index (χ1v) is 10.4. The maximum absolute atomic E-state index is 12.1. The van der Waals surface area contributed by atoms with Gasteiger partial charge in [-0.05, 0) is 36.0 Å². The van der Waals surface area contributed by atoms with Gasteiger partial charge in [-0.3, -0.25) is 14.8 Å². The minimum Gasteiger partial charge on any atom is -0.354 e. The molecule has 0 bridgehead atoms. The number of piperidine rings is 1. The van der Waals surface area contributed by atoms with Crippen molar-refractivity contribution in [3.63, 3.8) is 0 Å². The monoisotopic (exact) mass is 521 g/mol. The van der Waals surface area contributed by atoms with Crippen molar-refractivity contribution in [1.82, 2.24) is 20.5 Å². The molecule has 0 radical (unpaired) electrons. The molecule has 3 rings (SSSR count). The molecule has 1 fully saturated rings. The predicted molar refractivity (Wildman–Crippen MR) is 133 cm³/mol. The summed E-state index contributed by atoms with van der Waals surface area (Å²) in [5.41, 5.74) is 2.02. The number of carbonyl (C=O) groups is 1. The molecule has 7 heteroatoms. The standard InChI is InChI=1S/C23H31N5O.HI/c1-3-18-17-28(15-11-21(18)19-8-5-4-6-9-19)23(24-2)27-14-13-26-22(29)20-10-7-12-25-16-20;/h4-10,12,16,18,21H,3,11,13-15,17H2,1-2H3,(H,24,27)(H,26,29);1H. The highest BCUT2D eigenvalue weighted by Gasteiger charge is 2.30. The van der Waals surface area contributed by atoms with Crippen LogP contribution < -0.4 is 10.6 Å². The first-order valence-electron chi connectivity index (χ1n) is 10.4. The minimum atomic E-state index is -0.107. The Morgan fingerprint density at radius 3 is 2.60 bits per heavy atom. The van der Waals surface area contributed by atoms with Gasteiger partial charge in [0.25, 0.3) is 5.91 Å². The third-order valence-electron chi connectivity index (χ3n) is 5.61. The lowest BCUT2D eigenvalue weighted by Gasteiger charge is -2.40. The second-order valence-corrected chi connectivity index (χ2v) is 7.39. The van der Waals surface area contributed by atoms with E-state index in [1.807, 2.05) is 7.05 Å². The van der Waals surface area contributed by atoms with Crippen LogP contribution in [0, 0.1) is 5.92 Å². The summed E-state index contributed by atoms with van der Waals surface area (Å²) in [6, 6.07) is 14.4. The van der Waals surface area contributed by atoms with Gasteiger partial charge in [-0.15, -0.1) is 24.0 Å². The van der Waals surface area contributed by atoms with Crippen molar-refractivity contribution in [3.8, 4) is 0 Å². The van der Waals surface area contributed by atoms with E-state index in [9.17, 15) is 4.79 Å². The lowest BCUT2D eigenvalue weighted by molar-refractivity contribution is 0.0954. The molecule has 0 spiro atoms. The molecule has 2 aromatic rings. The van der Waals surface area contributed by atoms with Gasteiger partial charge in [0.05, 0.1) is 5.56 Å². The summed E-state index contributed by atoms with van der Waals surface area (Å²) in [6.07, 6.45) is 5.51. The van der Waals surface area contributed by atoms with Crippen molar-refractivity contribution in [2.75, 3.05) is 33.2 Å². The Bertz CT molecular complexity index is 800. The molecule has 162 valence electrons. The number of aliphatic imine (C=N–C) groups is 1. The predicted octanol–water partition coefficient (Wildman–Crippen LogP) is 3.52. The molecule has 1 aromatic heterocycles. The highest BCUT2D eigenvalue weighted by molar-refractivity contribution is 14.0. The van der Waals surface area contributed by atoms with Gasteiger partial charge < -0.3 is 15.5 Å². The number of hydrogen-bond donors (Lipinski definition) is 2. The number of halogens is 1. The molecule has 1 aromatic carbocycles. The number of pyridine rings is 1. The van der Waals surface area contributed by atoms with Crippen molar-refractivity contribution >= 4 is 35.8 Å². The zero-order valence-corrected chi connectivity index (χ0v) is 20.1. The Kier molecular flexibility index (Phi) is 10.1. The van der Waals surface area contributed by atoms with Crippen molar-refractivity contribution in [1.29, 1.82) is 0 Å².